The predicted molar refractivity (Wildman–Crippen MR) is 83.2 cm³/mol. The highest BCUT2D eigenvalue weighted by Gasteiger charge is 2.28. The smallest absolute Gasteiger partial charge is 0.211 e. The highest BCUT2D eigenvalue weighted by atomic mass is 32.1. The second-order valence-electron chi connectivity index (χ2n) is 4.73. The minimum absolute atomic E-state index is 0.166. The monoisotopic (exact) mass is 287 g/mol. The summed E-state index contributed by atoms with van der Waals surface area (Å²) in [4.78, 5) is 11.2. The molecule has 0 saturated carbocycles. The lowest BCUT2D eigenvalue weighted by Crippen LogP contribution is -2.41. The molecule has 5 heteroatoms. The van der Waals surface area contributed by atoms with Crippen LogP contribution in [0.2, 0.25) is 0 Å². The number of nitrogens with zero attached hydrogens (tertiary/aromatic N) is 3. The van der Waals surface area contributed by atoms with Crippen molar-refractivity contribution in [2.75, 3.05) is 19.1 Å². The molecular weight excluding hydrogens is 270 g/mol. The molecule has 1 unspecified atom stereocenters. The molecule has 3 rings (SSSR count). The Hall–Kier alpha value is -1.88. The molecule has 1 aliphatic heterocycles. The summed E-state index contributed by atoms with van der Waals surface area (Å²) < 4.78 is 5.49. The number of benzene rings is 1. The van der Waals surface area contributed by atoms with Crippen molar-refractivity contribution in [3.63, 3.8) is 0 Å². The largest absolute Gasteiger partial charge is 0.483 e. The molecule has 0 radical (unpaired) electrons. The summed E-state index contributed by atoms with van der Waals surface area (Å²) in [5.74, 6) is 0.780. The maximum Gasteiger partial charge on any atom is 0.211 e. The number of aliphatic imine (C=N–C) groups is 1. The highest BCUT2D eigenvalue weighted by Crippen LogP contribution is 2.34. The molecule has 0 bridgehead atoms. The third-order valence-electron chi connectivity index (χ3n) is 3.57. The average Bonchev–Trinajstić information content (AvgIpc) is 2.99. The molecule has 104 valence electrons. The standard InChI is InChI=1S/C15H17N3OS/c1-18-12-6-4-3-5-11(12)17-15(19-2)13(18)7-8-14-16-9-10-20-14/h3-6,9-10,13H,7-8H2,1-2H3. The summed E-state index contributed by atoms with van der Waals surface area (Å²) in [6.45, 7) is 0. The van der Waals surface area contributed by atoms with Crippen LogP contribution in [0, 0.1) is 0 Å². The van der Waals surface area contributed by atoms with Gasteiger partial charge in [-0.3, -0.25) is 0 Å². The second-order valence-corrected chi connectivity index (χ2v) is 5.71. The van der Waals surface area contributed by atoms with Crippen molar-refractivity contribution < 1.29 is 4.74 Å². The Morgan fingerprint density at radius 1 is 1.35 bits per heavy atom. The Balaban J connectivity index is 1.83. The summed E-state index contributed by atoms with van der Waals surface area (Å²) in [7, 11) is 3.79. The molecule has 0 N–H and O–H groups in total. The zero-order chi connectivity index (χ0) is 13.9. The number of methoxy groups -OCH3 is 1. The van der Waals surface area contributed by atoms with Gasteiger partial charge in [-0.25, -0.2) is 9.98 Å². The molecule has 1 aliphatic rings. The fourth-order valence-corrected chi connectivity index (χ4v) is 3.16. The summed E-state index contributed by atoms with van der Waals surface area (Å²) in [5, 5.41) is 3.17. The van der Waals surface area contributed by atoms with Crippen molar-refractivity contribution in [3.8, 4) is 0 Å². The van der Waals surface area contributed by atoms with E-state index in [9.17, 15) is 0 Å². The quantitative estimate of drug-likeness (QED) is 0.869. The van der Waals surface area contributed by atoms with E-state index in [1.807, 2.05) is 29.8 Å². The number of aryl methyl sites for hydroxylation is 1. The number of likely N-dealkylation sites (N-methyl/N-ethyl adjacent to an activating group) is 1. The molecule has 0 spiro atoms. The Labute approximate surface area is 122 Å². The lowest BCUT2D eigenvalue weighted by molar-refractivity contribution is 0.374. The zero-order valence-electron chi connectivity index (χ0n) is 11.6. The van der Waals surface area contributed by atoms with E-state index in [1.165, 1.54) is 0 Å². The third-order valence-corrected chi connectivity index (χ3v) is 4.41. The van der Waals surface area contributed by atoms with E-state index < -0.39 is 0 Å². The molecule has 0 saturated heterocycles. The summed E-state index contributed by atoms with van der Waals surface area (Å²) in [6, 6.07) is 8.32. The van der Waals surface area contributed by atoms with E-state index in [1.54, 1.807) is 18.4 Å². The van der Waals surface area contributed by atoms with Gasteiger partial charge in [-0.2, -0.15) is 0 Å². The number of hydrogen-bond acceptors (Lipinski definition) is 5. The van der Waals surface area contributed by atoms with Crippen molar-refractivity contribution in [2.45, 2.75) is 18.9 Å². The first-order chi connectivity index (χ1) is 9.79. The number of aromatic nitrogens is 1. The van der Waals surface area contributed by atoms with Gasteiger partial charge in [0.15, 0.2) is 0 Å². The van der Waals surface area contributed by atoms with Gasteiger partial charge in [0.2, 0.25) is 5.90 Å². The molecule has 0 aliphatic carbocycles. The van der Waals surface area contributed by atoms with E-state index in [2.05, 4.69) is 28.0 Å². The molecule has 2 heterocycles. The Bertz CT molecular complexity index is 609. The lowest BCUT2D eigenvalue weighted by atomic mass is 10.1. The van der Waals surface area contributed by atoms with Crippen LogP contribution in [0.15, 0.2) is 40.8 Å². The van der Waals surface area contributed by atoms with Gasteiger partial charge >= 0.3 is 0 Å². The Kier molecular flexibility index (Phi) is 3.69. The van der Waals surface area contributed by atoms with Gasteiger partial charge < -0.3 is 9.64 Å². The first kappa shape index (κ1) is 13.1. The SMILES string of the molecule is COC1=Nc2ccccc2N(C)C1CCc1nccs1. The van der Waals surface area contributed by atoms with Crippen molar-refractivity contribution in [1.82, 2.24) is 4.98 Å². The van der Waals surface area contributed by atoms with Gasteiger partial charge in [0.05, 0.1) is 23.5 Å². The van der Waals surface area contributed by atoms with Crippen LogP contribution in [0.25, 0.3) is 0 Å². The lowest BCUT2D eigenvalue weighted by Gasteiger charge is -2.34. The molecule has 20 heavy (non-hydrogen) atoms. The van der Waals surface area contributed by atoms with Crippen molar-refractivity contribution in [1.29, 1.82) is 0 Å². The molecule has 1 aromatic heterocycles. The van der Waals surface area contributed by atoms with Crippen LogP contribution in [-0.4, -0.2) is 31.1 Å². The van der Waals surface area contributed by atoms with E-state index in [-0.39, 0.29) is 6.04 Å². The van der Waals surface area contributed by atoms with Crippen LogP contribution in [0.5, 0.6) is 0 Å². The Morgan fingerprint density at radius 3 is 2.95 bits per heavy atom. The van der Waals surface area contributed by atoms with Gasteiger partial charge in [-0.15, -0.1) is 11.3 Å². The van der Waals surface area contributed by atoms with Crippen LogP contribution in [0.3, 0.4) is 0 Å². The highest BCUT2D eigenvalue weighted by molar-refractivity contribution is 7.09. The maximum atomic E-state index is 5.49. The predicted octanol–water partition coefficient (Wildman–Crippen LogP) is 3.27. The molecular formula is C15H17N3OS. The molecule has 1 aromatic carbocycles. The van der Waals surface area contributed by atoms with Crippen LogP contribution in [0.1, 0.15) is 11.4 Å². The number of ether oxygens (including phenoxy) is 1. The maximum absolute atomic E-state index is 5.49. The number of rotatable bonds is 3. The van der Waals surface area contributed by atoms with Gasteiger partial charge in [0.25, 0.3) is 0 Å². The first-order valence-corrected chi connectivity index (χ1v) is 7.50. The normalized spacial score (nSPS) is 17.6. The molecule has 1 atom stereocenters. The molecule has 2 aromatic rings. The minimum Gasteiger partial charge on any atom is -0.483 e. The van der Waals surface area contributed by atoms with E-state index in [0.717, 1.165) is 35.1 Å². The van der Waals surface area contributed by atoms with Crippen LogP contribution >= 0.6 is 11.3 Å². The van der Waals surface area contributed by atoms with E-state index in [4.69, 9.17) is 4.74 Å². The summed E-state index contributed by atoms with van der Waals surface area (Å²) in [6.07, 6.45) is 3.74. The average molecular weight is 287 g/mol. The van der Waals surface area contributed by atoms with E-state index in [0.29, 0.717) is 0 Å². The van der Waals surface area contributed by atoms with Crippen LogP contribution in [-0.2, 0) is 11.2 Å². The molecule has 0 fully saturated rings. The van der Waals surface area contributed by atoms with Gasteiger partial charge in [0, 0.05) is 25.0 Å². The van der Waals surface area contributed by atoms with Crippen molar-refractivity contribution >= 4 is 28.6 Å². The van der Waals surface area contributed by atoms with Crippen LogP contribution in [0.4, 0.5) is 11.4 Å². The van der Waals surface area contributed by atoms with Gasteiger partial charge in [0.1, 0.15) is 6.04 Å². The summed E-state index contributed by atoms with van der Waals surface area (Å²) >= 11 is 1.70. The minimum atomic E-state index is 0.166. The molecule has 0 amide bonds. The Morgan fingerprint density at radius 2 is 2.20 bits per heavy atom. The topological polar surface area (TPSA) is 37.7 Å². The van der Waals surface area contributed by atoms with Gasteiger partial charge in [-0.1, -0.05) is 12.1 Å². The number of thiazole rings is 1. The number of para-hydroxylation sites is 2. The van der Waals surface area contributed by atoms with Crippen molar-refractivity contribution in [3.05, 3.63) is 40.8 Å². The first-order valence-electron chi connectivity index (χ1n) is 6.62. The van der Waals surface area contributed by atoms with Gasteiger partial charge in [-0.05, 0) is 18.6 Å². The fraction of sp³-hybridized carbons (Fsp3) is 0.333. The number of fused-ring (bicyclic) bond motifs is 1. The number of hydrogen-bond donors (Lipinski definition) is 0. The van der Waals surface area contributed by atoms with Crippen LogP contribution < -0.4 is 4.90 Å². The second kappa shape index (κ2) is 5.63. The van der Waals surface area contributed by atoms with E-state index >= 15 is 0 Å². The zero-order valence-corrected chi connectivity index (χ0v) is 12.4. The fourth-order valence-electron chi connectivity index (χ4n) is 2.52. The third kappa shape index (κ3) is 2.41. The summed E-state index contributed by atoms with van der Waals surface area (Å²) in [5.41, 5.74) is 2.12. The van der Waals surface area contributed by atoms with Crippen molar-refractivity contribution in [2.24, 2.45) is 4.99 Å². The number of anilines is 1. The molecule has 4 nitrogen and oxygen atoms in total.